The van der Waals surface area contributed by atoms with Crippen molar-refractivity contribution in [3.8, 4) is 5.75 Å². The average Bonchev–Trinajstić information content (AvgIpc) is 2.05. The van der Waals surface area contributed by atoms with Gasteiger partial charge >= 0.3 is 0 Å². The lowest BCUT2D eigenvalue weighted by molar-refractivity contribution is 0.150. The number of aromatic nitrogens is 1. The van der Waals surface area contributed by atoms with Crippen molar-refractivity contribution >= 4 is 15.9 Å². The van der Waals surface area contributed by atoms with Crippen LogP contribution in [0.25, 0.3) is 0 Å². The van der Waals surface area contributed by atoms with Crippen LogP contribution >= 0.6 is 15.9 Å². The summed E-state index contributed by atoms with van der Waals surface area (Å²) in [6.07, 6.45) is -1.41. The minimum Gasteiger partial charge on any atom is -0.494 e. The van der Waals surface area contributed by atoms with Crippen molar-refractivity contribution in [2.24, 2.45) is 0 Å². The van der Waals surface area contributed by atoms with E-state index in [1.165, 1.54) is 13.2 Å². The second-order valence-corrected chi connectivity index (χ2v) is 2.81. The van der Waals surface area contributed by atoms with E-state index in [4.69, 9.17) is 4.74 Å². The summed E-state index contributed by atoms with van der Waals surface area (Å²) in [6.45, 7) is 0. The van der Waals surface area contributed by atoms with Gasteiger partial charge in [-0.15, -0.1) is 0 Å². The molecule has 0 radical (unpaired) electrons. The van der Waals surface area contributed by atoms with Gasteiger partial charge in [0.2, 0.25) is 0 Å². The number of pyridine rings is 1. The molecule has 12 heavy (non-hydrogen) atoms. The zero-order valence-corrected chi connectivity index (χ0v) is 7.81. The molecule has 0 fully saturated rings. The smallest absolute Gasteiger partial charge is 0.265 e. The monoisotopic (exact) mass is 237 g/mol. The van der Waals surface area contributed by atoms with Gasteiger partial charge in [-0.25, -0.2) is 13.8 Å². The van der Waals surface area contributed by atoms with Crippen LogP contribution in [0.3, 0.4) is 0 Å². The van der Waals surface area contributed by atoms with Crippen LogP contribution < -0.4 is 4.74 Å². The van der Waals surface area contributed by atoms with Crippen LogP contribution in [0.5, 0.6) is 5.75 Å². The van der Waals surface area contributed by atoms with Crippen molar-refractivity contribution < 1.29 is 13.5 Å². The zero-order valence-electron chi connectivity index (χ0n) is 6.22. The van der Waals surface area contributed by atoms with Gasteiger partial charge in [-0.05, 0) is 22.0 Å². The fourth-order valence-electron chi connectivity index (χ4n) is 0.706. The van der Waals surface area contributed by atoms with E-state index in [2.05, 4.69) is 20.9 Å². The molecule has 0 amide bonds. The summed E-state index contributed by atoms with van der Waals surface area (Å²) in [6, 6.07) is 1.25. The number of hydrogen-bond donors (Lipinski definition) is 0. The molecule has 0 aliphatic carbocycles. The maximum absolute atomic E-state index is 12.1. The summed E-state index contributed by atoms with van der Waals surface area (Å²) in [5, 5.41) is 0. The highest BCUT2D eigenvalue weighted by molar-refractivity contribution is 9.10. The molecule has 0 bridgehead atoms. The third kappa shape index (κ3) is 1.91. The topological polar surface area (TPSA) is 22.1 Å². The quantitative estimate of drug-likeness (QED) is 0.739. The van der Waals surface area contributed by atoms with E-state index in [9.17, 15) is 8.78 Å². The number of methoxy groups -OCH3 is 1. The molecule has 0 atom stereocenters. The molecule has 1 rings (SSSR count). The van der Waals surface area contributed by atoms with Crippen LogP contribution in [0.1, 0.15) is 12.0 Å². The van der Waals surface area contributed by atoms with Gasteiger partial charge in [-0.2, -0.15) is 0 Å². The van der Waals surface area contributed by atoms with Crippen molar-refractivity contribution in [2.45, 2.75) is 6.43 Å². The summed E-state index contributed by atoms with van der Waals surface area (Å²) in [7, 11) is 1.40. The SMILES string of the molecule is COc1cc(C(F)F)cnc1Br. The van der Waals surface area contributed by atoms with Crippen LogP contribution in [0.15, 0.2) is 16.9 Å². The van der Waals surface area contributed by atoms with Crippen LogP contribution in [-0.2, 0) is 0 Å². The van der Waals surface area contributed by atoms with Gasteiger partial charge in [-0.3, -0.25) is 0 Å². The Hall–Kier alpha value is -0.710. The largest absolute Gasteiger partial charge is 0.494 e. The molecular formula is C7H6BrF2NO. The number of nitrogens with zero attached hydrogens (tertiary/aromatic N) is 1. The van der Waals surface area contributed by atoms with Crippen molar-refractivity contribution in [3.05, 3.63) is 22.4 Å². The molecular weight excluding hydrogens is 232 g/mol. The number of rotatable bonds is 2. The van der Waals surface area contributed by atoms with Crippen LogP contribution in [-0.4, -0.2) is 12.1 Å². The molecule has 0 spiro atoms. The predicted octanol–water partition coefficient (Wildman–Crippen LogP) is 2.79. The third-order valence-corrected chi connectivity index (χ3v) is 1.90. The number of hydrogen-bond acceptors (Lipinski definition) is 2. The first-order chi connectivity index (χ1) is 5.65. The first-order valence-corrected chi connectivity index (χ1v) is 3.92. The summed E-state index contributed by atoms with van der Waals surface area (Å²) in [5.74, 6) is 0.313. The van der Waals surface area contributed by atoms with Crippen LogP contribution in [0, 0.1) is 0 Å². The third-order valence-electron chi connectivity index (χ3n) is 1.30. The molecule has 1 heterocycles. The summed E-state index contributed by atoms with van der Waals surface area (Å²) in [4.78, 5) is 3.68. The summed E-state index contributed by atoms with van der Waals surface area (Å²) >= 11 is 3.06. The zero-order chi connectivity index (χ0) is 9.14. The fraction of sp³-hybridized carbons (Fsp3) is 0.286. The lowest BCUT2D eigenvalue weighted by atomic mass is 10.3. The van der Waals surface area contributed by atoms with Crippen LogP contribution in [0.2, 0.25) is 0 Å². The molecule has 0 aliphatic heterocycles. The molecule has 2 nitrogen and oxygen atoms in total. The number of ether oxygens (including phenoxy) is 1. The van der Waals surface area contributed by atoms with Crippen molar-refractivity contribution in [3.63, 3.8) is 0 Å². The molecule has 5 heteroatoms. The minimum absolute atomic E-state index is 0.143. The highest BCUT2D eigenvalue weighted by atomic mass is 79.9. The first kappa shape index (κ1) is 9.38. The van der Waals surface area contributed by atoms with Crippen molar-refractivity contribution in [1.82, 2.24) is 4.98 Å². The number of halogens is 3. The Morgan fingerprint density at radius 3 is 2.75 bits per heavy atom. The van der Waals surface area contributed by atoms with E-state index in [-0.39, 0.29) is 5.56 Å². The van der Waals surface area contributed by atoms with Gasteiger partial charge in [0.15, 0.2) is 5.75 Å². The molecule has 1 aromatic rings. The first-order valence-electron chi connectivity index (χ1n) is 3.12. The van der Waals surface area contributed by atoms with E-state index in [1.54, 1.807) is 0 Å². The van der Waals surface area contributed by atoms with Gasteiger partial charge < -0.3 is 4.74 Å². The highest BCUT2D eigenvalue weighted by Crippen LogP contribution is 2.27. The molecule has 0 saturated carbocycles. The second-order valence-electron chi connectivity index (χ2n) is 2.06. The molecule has 66 valence electrons. The summed E-state index contributed by atoms with van der Waals surface area (Å²) < 4.78 is 29.4. The van der Waals surface area contributed by atoms with E-state index in [1.807, 2.05) is 0 Å². The maximum Gasteiger partial charge on any atom is 0.265 e. The summed E-state index contributed by atoms with van der Waals surface area (Å²) in [5.41, 5.74) is -0.143. The molecule has 0 saturated heterocycles. The second kappa shape index (κ2) is 3.80. The normalized spacial score (nSPS) is 10.4. The predicted molar refractivity (Wildman–Crippen MR) is 43.4 cm³/mol. The van der Waals surface area contributed by atoms with Gasteiger partial charge in [0.1, 0.15) is 4.60 Å². The van der Waals surface area contributed by atoms with Crippen molar-refractivity contribution in [1.29, 1.82) is 0 Å². The lowest BCUT2D eigenvalue weighted by Crippen LogP contribution is -1.91. The maximum atomic E-state index is 12.1. The Morgan fingerprint density at radius 1 is 1.58 bits per heavy atom. The minimum atomic E-state index is -2.51. The number of alkyl halides is 2. The van der Waals surface area contributed by atoms with Gasteiger partial charge in [0.05, 0.1) is 7.11 Å². The van der Waals surface area contributed by atoms with Gasteiger partial charge in [-0.1, -0.05) is 0 Å². The Bertz CT molecular complexity index is 280. The Morgan fingerprint density at radius 2 is 2.25 bits per heavy atom. The molecule has 1 aromatic heterocycles. The Balaban J connectivity index is 3.05. The fourth-order valence-corrected chi connectivity index (χ4v) is 1.08. The highest BCUT2D eigenvalue weighted by Gasteiger charge is 2.10. The van der Waals surface area contributed by atoms with Crippen LogP contribution in [0.4, 0.5) is 8.78 Å². The van der Waals surface area contributed by atoms with E-state index in [0.717, 1.165) is 6.20 Å². The van der Waals surface area contributed by atoms with Gasteiger partial charge in [0, 0.05) is 11.8 Å². The van der Waals surface area contributed by atoms with Gasteiger partial charge in [0.25, 0.3) is 6.43 Å². The lowest BCUT2D eigenvalue weighted by Gasteiger charge is -2.04. The molecule has 0 aromatic carbocycles. The van der Waals surface area contributed by atoms with E-state index >= 15 is 0 Å². The standard InChI is InChI=1S/C7H6BrF2NO/c1-12-5-2-4(7(9)10)3-11-6(5)8/h2-3,7H,1H3. The Kier molecular flexibility index (Phi) is 2.97. The van der Waals surface area contributed by atoms with E-state index < -0.39 is 6.43 Å². The average molecular weight is 238 g/mol. The molecule has 0 N–H and O–H groups in total. The van der Waals surface area contributed by atoms with E-state index in [0.29, 0.717) is 10.4 Å². The Labute approximate surface area is 76.7 Å². The van der Waals surface area contributed by atoms with Crippen molar-refractivity contribution in [2.75, 3.05) is 7.11 Å². The molecule has 0 unspecified atom stereocenters. The molecule has 0 aliphatic rings.